The van der Waals surface area contributed by atoms with Gasteiger partial charge < -0.3 is 0 Å². The number of nitrogens with one attached hydrogen (secondary N) is 1. The Morgan fingerprint density at radius 1 is 0.367 bits per heavy atom. The van der Waals surface area contributed by atoms with Gasteiger partial charge in [-0.3, -0.25) is 5.41 Å². The molecule has 0 atom stereocenters. The second-order valence-electron chi connectivity index (χ2n) is 12.2. The van der Waals surface area contributed by atoms with Crippen LogP contribution in [0.5, 0.6) is 0 Å². The average molecular weight is 628 g/mol. The molecule has 0 aromatic heterocycles. The molecule has 3 nitrogen and oxygen atoms in total. The fourth-order valence-electron chi connectivity index (χ4n) is 6.63. The van der Waals surface area contributed by atoms with Crippen molar-refractivity contribution in [1.29, 1.82) is 5.41 Å². The topological polar surface area (TPSA) is 48.6 Å². The van der Waals surface area contributed by atoms with E-state index < -0.39 is 0 Å². The van der Waals surface area contributed by atoms with Crippen LogP contribution in [0.3, 0.4) is 0 Å². The highest BCUT2D eigenvalue weighted by Gasteiger charge is 2.12. The maximum atomic E-state index is 8.79. The molecule has 0 aliphatic rings. The molecule has 3 heteroatoms. The van der Waals surface area contributed by atoms with Crippen LogP contribution in [0.1, 0.15) is 23.6 Å². The van der Waals surface area contributed by atoms with Crippen LogP contribution >= 0.6 is 0 Å². The van der Waals surface area contributed by atoms with Crippen LogP contribution in [0, 0.1) is 5.41 Å². The molecule has 0 amide bonds. The SMILES string of the molecule is C/C(=N\C(=N/C(=N)c1ccccc1)c1cccc(-c2cccc(-c3ccc4c5ccccc5c5ccccc5c4c3)c2)c1)c1ccccc1. The first-order valence-electron chi connectivity index (χ1n) is 16.5. The first kappa shape index (κ1) is 29.9. The Kier molecular flexibility index (Phi) is 7.93. The van der Waals surface area contributed by atoms with Gasteiger partial charge in [0.15, 0.2) is 11.7 Å². The van der Waals surface area contributed by atoms with Crippen molar-refractivity contribution in [1.82, 2.24) is 0 Å². The summed E-state index contributed by atoms with van der Waals surface area (Å²) in [5, 5.41) is 16.4. The van der Waals surface area contributed by atoms with Crippen molar-refractivity contribution in [2.75, 3.05) is 0 Å². The van der Waals surface area contributed by atoms with Gasteiger partial charge in [0.2, 0.25) is 0 Å². The fraction of sp³-hybridized carbons (Fsp3) is 0.0217. The standard InChI is InChI=1S/C46H33N3/c1-31(32-14-4-2-5-15-32)48-46(49-45(47)33-16-6-3-7-17-33)38-21-13-20-36(29-38)34-18-12-19-35(28-34)37-26-27-43-41-24-9-8-22-39(41)40-23-10-11-25-42(40)44(43)30-37/h2-30,47H,1H3/b47-45?,48-31+,49-46-. The van der Waals surface area contributed by atoms with Crippen molar-refractivity contribution in [2.24, 2.45) is 9.98 Å². The number of hydrogen-bond acceptors (Lipinski definition) is 1. The minimum absolute atomic E-state index is 0.171. The smallest absolute Gasteiger partial charge is 0.161 e. The van der Waals surface area contributed by atoms with Crippen molar-refractivity contribution >= 4 is 49.7 Å². The van der Waals surface area contributed by atoms with Crippen LogP contribution in [0.4, 0.5) is 0 Å². The predicted octanol–water partition coefficient (Wildman–Crippen LogP) is 11.8. The number of benzene rings is 8. The Balaban J connectivity index is 1.21. The second-order valence-corrected chi connectivity index (χ2v) is 12.2. The van der Waals surface area contributed by atoms with E-state index >= 15 is 0 Å². The average Bonchev–Trinajstić information content (AvgIpc) is 3.18. The third kappa shape index (κ3) is 5.95. The van der Waals surface area contributed by atoms with E-state index in [4.69, 9.17) is 15.4 Å². The van der Waals surface area contributed by atoms with Gasteiger partial charge in [-0.25, -0.2) is 9.98 Å². The highest BCUT2D eigenvalue weighted by Crippen LogP contribution is 2.37. The molecule has 0 bridgehead atoms. The first-order chi connectivity index (χ1) is 24.1. The van der Waals surface area contributed by atoms with E-state index in [9.17, 15) is 0 Å². The van der Waals surface area contributed by atoms with Crippen LogP contribution in [0.25, 0.3) is 54.6 Å². The molecule has 0 aliphatic carbocycles. The van der Waals surface area contributed by atoms with Crippen molar-refractivity contribution < 1.29 is 0 Å². The van der Waals surface area contributed by atoms with Gasteiger partial charge in [0.05, 0.1) is 0 Å². The molecule has 0 aliphatic heterocycles. The Morgan fingerprint density at radius 3 is 1.43 bits per heavy atom. The Bertz CT molecular complexity index is 2530. The lowest BCUT2D eigenvalue weighted by atomic mass is 9.91. The number of nitrogens with zero attached hydrogens (tertiary/aromatic N) is 2. The molecule has 0 spiro atoms. The lowest BCUT2D eigenvalue weighted by Crippen LogP contribution is -2.07. The summed E-state index contributed by atoms with van der Waals surface area (Å²) in [7, 11) is 0. The molecule has 8 rings (SSSR count). The van der Waals surface area contributed by atoms with Gasteiger partial charge in [-0.15, -0.1) is 0 Å². The molecule has 1 N–H and O–H groups in total. The molecule has 0 saturated carbocycles. The maximum Gasteiger partial charge on any atom is 0.161 e. The van der Waals surface area contributed by atoms with E-state index in [1.54, 1.807) is 0 Å². The van der Waals surface area contributed by atoms with Crippen molar-refractivity contribution in [2.45, 2.75) is 6.92 Å². The quantitative estimate of drug-likeness (QED) is 0.112. The summed E-state index contributed by atoms with van der Waals surface area (Å²) in [4.78, 5) is 9.75. The number of aliphatic imine (C=N–C) groups is 2. The minimum Gasteiger partial charge on any atom is -0.282 e. The molecule has 232 valence electrons. The Hall–Kier alpha value is -6.45. The van der Waals surface area contributed by atoms with Crippen LogP contribution in [-0.4, -0.2) is 17.4 Å². The largest absolute Gasteiger partial charge is 0.282 e. The van der Waals surface area contributed by atoms with Gasteiger partial charge in [0, 0.05) is 16.8 Å². The van der Waals surface area contributed by atoms with E-state index in [1.807, 2.05) is 79.7 Å². The highest BCUT2D eigenvalue weighted by molar-refractivity contribution is 6.25. The lowest BCUT2D eigenvalue weighted by Gasteiger charge is -2.13. The van der Waals surface area contributed by atoms with Gasteiger partial charge in [-0.05, 0) is 85.3 Å². The summed E-state index contributed by atoms with van der Waals surface area (Å²) in [5.74, 6) is 0.672. The monoisotopic (exact) mass is 627 g/mol. The van der Waals surface area contributed by atoms with Crippen LogP contribution in [0.2, 0.25) is 0 Å². The zero-order chi connectivity index (χ0) is 33.2. The predicted molar refractivity (Wildman–Crippen MR) is 208 cm³/mol. The maximum absolute atomic E-state index is 8.79. The zero-order valence-electron chi connectivity index (χ0n) is 27.1. The number of fused-ring (bicyclic) bond motifs is 6. The summed E-state index contributed by atoms with van der Waals surface area (Å²) in [6.45, 7) is 1.99. The Morgan fingerprint density at radius 2 is 0.816 bits per heavy atom. The molecule has 0 saturated heterocycles. The first-order valence-corrected chi connectivity index (χ1v) is 16.5. The summed E-state index contributed by atoms with van der Waals surface area (Å²) >= 11 is 0. The molecule has 49 heavy (non-hydrogen) atoms. The second kappa shape index (κ2) is 13.0. The third-order valence-electron chi connectivity index (χ3n) is 9.12. The zero-order valence-corrected chi connectivity index (χ0v) is 27.1. The van der Waals surface area contributed by atoms with E-state index in [-0.39, 0.29) is 5.84 Å². The molecule has 0 radical (unpaired) electrons. The summed E-state index contributed by atoms with van der Waals surface area (Å²) in [5.41, 5.74) is 7.93. The molecule has 0 fully saturated rings. The number of rotatable bonds is 5. The lowest BCUT2D eigenvalue weighted by molar-refractivity contribution is 1.39. The van der Waals surface area contributed by atoms with Gasteiger partial charge >= 0.3 is 0 Å². The van der Waals surface area contributed by atoms with Crippen LogP contribution in [-0.2, 0) is 0 Å². The Labute approximate surface area is 286 Å². The van der Waals surface area contributed by atoms with Gasteiger partial charge in [-0.2, -0.15) is 0 Å². The molecule has 8 aromatic rings. The van der Waals surface area contributed by atoms with Gasteiger partial charge in [-0.1, -0.05) is 158 Å². The molecule has 0 heterocycles. The third-order valence-corrected chi connectivity index (χ3v) is 9.12. The van der Waals surface area contributed by atoms with Gasteiger partial charge in [0.1, 0.15) is 0 Å². The van der Waals surface area contributed by atoms with Crippen molar-refractivity contribution in [3.8, 4) is 22.3 Å². The fourth-order valence-corrected chi connectivity index (χ4v) is 6.63. The summed E-state index contributed by atoms with van der Waals surface area (Å²) in [6.07, 6.45) is 0. The van der Waals surface area contributed by atoms with E-state index in [2.05, 4.69) is 103 Å². The minimum atomic E-state index is 0.171. The molecular formula is C46H33N3. The number of amidine groups is 2. The molecule has 8 aromatic carbocycles. The molecular weight excluding hydrogens is 595 g/mol. The van der Waals surface area contributed by atoms with Crippen LogP contribution in [0.15, 0.2) is 186 Å². The van der Waals surface area contributed by atoms with E-state index in [0.29, 0.717) is 5.84 Å². The van der Waals surface area contributed by atoms with Crippen LogP contribution < -0.4 is 0 Å². The van der Waals surface area contributed by atoms with E-state index in [1.165, 1.54) is 37.9 Å². The normalized spacial score (nSPS) is 12.1. The van der Waals surface area contributed by atoms with Crippen molar-refractivity contribution in [3.63, 3.8) is 0 Å². The number of hydrogen-bond donors (Lipinski definition) is 1. The van der Waals surface area contributed by atoms with Crippen molar-refractivity contribution in [3.05, 3.63) is 193 Å². The van der Waals surface area contributed by atoms with Gasteiger partial charge in [0.25, 0.3) is 0 Å². The van der Waals surface area contributed by atoms with E-state index in [0.717, 1.165) is 39.1 Å². The molecule has 0 unspecified atom stereocenters. The summed E-state index contributed by atoms with van der Waals surface area (Å²) < 4.78 is 0. The highest BCUT2D eigenvalue weighted by atomic mass is 15.0. The summed E-state index contributed by atoms with van der Waals surface area (Å²) in [6, 6.07) is 60.9.